The second-order valence-electron chi connectivity index (χ2n) is 6.73. The number of amides is 1. The lowest BCUT2D eigenvalue weighted by Crippen LogP contribution is -2.30. The van der Waals surface area contributed by atoms with Crippen molar-refractivity contribution in [2.75, 3.05) is 13.1 Å². The third-order valence-corrected chi connectivity index (χ3v) is 5.16. The standard InChI is InChI=1S/C20H18N4O2/c25-20(11-17-15-5-1-4-8-19(15)26-22-17)23-10-9-14(12-23)24-13-21-16-6-2-3-7-18(16)24/h1-8,13-14H,9-12H2/t14-/m1/s1. The van der Waals surface area contributed by atoms with Gasteiger partial charge in [0.2, 0.25) is 5.91 Å². The molecule has 3 heterocycles. The molecule has 2 aromatic carbocycles. The van der Waals surface area contributed by atoms with E-state index in [1.807, 2.05) is 53.7 Å². The van der Waals surface area contributed by atoms with Gasteiger partial charge in [-0.3, -0.25) is 4.79 Å². The van der Waals surface area contributed by atoms with Crippen molar-refractivity contribution in [3.8, 4) is 0 Å². The summed E-state index contributed by atoms with van der Waals surface area (Å²) in [6.45, 7) is 1.46. The highest BCUT2D eigenvalue weighted by Crippen LogP contribution is 2.27. The van der Waals surface area contributed by atoms with E-state index in [9.17, 15) is 4.79 Å². The van der Waals surface area contributed by atoms with Gasteiger partial charge in [0.15, 0.2) is 5.58 Å². The Kier molecular flexibility index (Phi) is 3.48. The highest BCUT2D eigenvalue weighted by atomic mass is 16.5. The van der Waals surface area contributed by atoms with Crippen LogP contribution >= 0.6 is 0 Å². The van der Waals surface area contributed by atoms with Crippen molar-refractivity contribution in [3.63, 3.8) is 0 Å². The first-order chi connectivity index (χ1) is 12.8. The molecule has 26 heavy (non-hydrogen) atoms. The van der Waals surface area contributed by atoms with Crippen LogP contribution in [0.5, 0.6) is 0 Å². The molecule has 0 unspecified atom stereocenters. The van der Waals surface area contributed by atoms with Crippen LogP contribution < -0.4 is 0 Å². The summed E-state index contributed by atoms with van der Waals surface area (Å²) in [4.78, 5) is 19.1. The minimum absolute atomic E-state index is 0.0935. The summed E-state index contributed by atoms with van der Waals surface area (Å²) in [6.07, 6.45) is 3.09. The molecule has 1 saturated heterocycles. The summed E-state index contributed by atoms with van der Waals surface area (Å²) in [5.74, 6) is 0.0935. The van der Waals surface area contributed by atoms with E-state index in [2.05, 4.69) is 20.8 Å². The predicted octanol–water partition coefficient (Wildman–Crippen LogP) is 3.19. The maximum atomic E-state index is 12.8. The topological polar surface area (TPSA) is 64.2 Å². The molecule has 5 rings (SSSR count). The van der Waals surface area contributed by atoms with Gasteiger partial charge in [-0.2, -0.15) is 0 Å². The fourth-order valence-electron chi connectivity index (χ4n) is 3.79. The molecule has 1 aliphatic heterocycles. The molecular weight excluding hydrogens is 328 g/mol. The lowest BCUT2D eigenvalue weighted by atomic mass is 10.1. The Balaban J connectivity index is 1.33. The maximum Gasteiger partial charge on any atom is 0.228 e. The van der Waals surface area contributed by atoms with Crippen LogP contribution in [0.3, 0.4) is 0 Å². The molecule has 0 saturated carbocycles. The number of aromatic nitrogens is 3. The third-order valence-electron chi connectivity index (χ3n) is 5.16. The van der Waals surface area contributed by atoms with Crippen LogP contribution in [0.15, 0.2) is 59.4 Å². The molecule has 6 heteroatoms. The van der Waals surface area contributed by atoms with Gasteiger partial charge in [0.05, 0.1) is 29.8 Å². The Morgan fingerprint density at radius 2 is 2.00 bits per heavy atom. The van der Waals surface area contributed by atoms with Gasteiger partial charge in [-0.15, -0.1) is 0 Å². The average molecular weight is 346 g/mol. The Hall–Kier alpha value is -3.15. The number of imidazole rings is 1. The fourth-order valence-corrected chi connectivity index (χ4v) is 3.79. The summed E-state index contributed by atoms with van der Waals surface area (Å²) in [6, 6.07) is 16.0. The molecule has 1 fully saturated rings. The Morgan fingerprint density at radius 1 is 1.15 bits per heavy atom. The van der Waals surface area contributed by atoms with Gasteiger partial charge in [0.1, 0.15) is 5.69 Å². The first-order valence-electron chi connectivity index (χ1n) is 8.82. The summed E-state index contributed by atoms with van der Waals surface area (Å²) in [7, 11) is 0. The van der Waals surface area contributed by atoms with Crippen molar-refractivity contribution >= 4 is 27.9 Å². The molecule has 130 valence electrons. The minimum Gasteiger partial charge on any atom is -0.356 e. The number of rotatable bonds is 3. The number of carbonyl (C=O) groups is 1. The van der Waals surface area contributed by atoms with Crippen molar-refractivity contribution in [2.24, 2.45) is 0 Å². The van der Waals surface area contributed by atoms with Gasteiger partial charge in [0.25, 0.3) is 0 Å². The van der Waals surface area contributed by atoms with Crippen molar-refractivity contribution in [3.05, 3.63) is 60.6 Å². The second kappa shape index (κ2) is 5.98. The number of carbonyl (C=O) groups excluding carboxylic acids is 1. The van der Waals surface area contributed by atoms with Gasteiger partial charge in [0, 0.05) is 18.5 Å². The molecule has 0 N–H and O–H groups in total. The maximum absolute atomic E-state index is 12.8. The molecule has 0 radical (unpaired) electrons. The number of para-hydroxylation sites is 3. The van der Waals surface area contributed by atoms with Crippen LogP contribution in [0.1, 0.15) is 18.2 Å². The van der Waals surface area contributed by atoms with Crippen molar-refractivity contribution in [1.29, 1.82) is 0 Å². The quantitative estimate of drug-likeness (QED) is 0.571. The number of hydrogen-bond donors (Lipinski definition) is 0. The van der Waals surface area contributed by atoms with E-state index in [1.165, 1.54) is 0 Å². The van der Waals surface area contributed by atoms with E-state index >= 15 is 0 Å². The summed E-state index contributed by atoms with van der Waals surface area (Å²) in [5.41, 5.74) is 3.54. The monoisotopic (exact) mass is 346 g/mol. The molecule has 1 amide bonds. The first kappa shape index (κ1) is 15.1. The zero-order chi connectivity index (χ0) is 17.5. The molecule has 1 aliphatic rings. The largest absolute Gasteiger partial charge is 0.356 e. The van der Waals surface area contributed by atoms with Crippen LogP contribution in [0.2, 0.25) is 0 Å². The smallest absolute Gasteiger partial charge is 0.228 e. The Bertz CT molecular complexity index is 1100. The molecular formula is C20H18N4O2. The molecule has 1 atom stereocenters. The van der Waals surface area contributed by atoms with Crippen LogP contribution in [-0.4, -0.2) is 38.6 Å². The van der Waals surface area contributed by atoms with E-state index in [0.29, 0.717) is 12.2 Å². The third kappa shape index (κ3) is 2.45. The zero-order valence-electron chi connectivity index (χ0n) is 14.2. The van der Waals surface area contributed by atoms with E-state index in [1.54, 1.807) is 0 Å². The molecule has 4 aromatic rings. The summed E-state index contributed by atoms with van der Waals surface area (Å²) < 4.78 is 7.50. The van der Waals surface area contributed by atoms with Crippen molar-refractivity contribution in [2.45, 2.75) is 18.9 Å². The van der Waals surface area contributed by atoms with Crippen molar-refractivity contribution < 1.29 is 9.32 Å². The van der Waals surface area contributed by atoms with Crippen LogP contribution in [0.25, 0.3) is 22.0 Å². The highest BCUT2D eigenvalue weighted by molar-refractivity contribution is 5.86. The SMILES string of the molecule is O=C(Cc1noc2ccccc12)N1CC[C@@H](n2cnc3ccccc32)C1. The normalized spacial score (nSPS) is 17.4. The van der Waals surface area contributed by atoms with Crippen LogP contribution in [0, 0.1) is 0 Å². The Labute approximate surface area is 150 Å². The van der Waals surface area contributed by atoms with E-state index in [4.69, 9.17) is 4.52 Å². The summed E-state index contributed by atoms with van der Waals surface area (Å²) >= 11 is 0. The summed E-state index contributed by atoms with van der Waals surface area (Å²) in [5, 5.41) is 4.99. The van der Waals surface area contributed by atoms with Gasteiger partial charge >= 0.3 is 0 Å². The zero-order valence-corrected chi connectivity index (χ0v) is 14.2. The predicted molar refractivity (Wildman–Crippen MR) is 97.7 cm³/mol. The minimum atomic E-state index is 0.0935. The van der Waals surface area contributed by atoms with Gasteiger partial charge in [-0.1, -0.05) is 29.4 Å². The van der Waals surface area contributed by atoms with Gasteiger partial charge in [-0.25, -0.2) is 4.98 Å². The number of hydrogen-bond acceptors (Lipinski definition) is 4. The van der Waals surface area contributed by atoms with E-state index < -0.39 is 0 Å². The number of benzene rings is 2. The van der Waals surface area contributed by atoms with Crippen LogP contribution in [-0.2, 0) is 11.2 Å². The lowest BCUT2D eigenvalue weighted by molar-refractivity contribution is -0.129. The molecule has 0 spiro atoms. The molecule has 6 nitrogen and oxygen atoms in total. The molecule has 0 bridgehead atoms. The highest BCUT2D eigenvalue weighted by Gasteiger charge is 2.29. The second-order valence-corrected chi connectivity index (χ2v) is 6.73. The van der Waals surface area contributed by atoms with Crippen LogP contribution in [0.4, 0.5) is 0 Å². The lowest BCUT2D eigenvalue weighted by Gasteiger charge is -2.17. The molecule has 2 aromatic heterocycles. The van der Waals surface area contributed by atoms with E-state index in [0.717, 1.165) is 35.0 Å². The molecule has 0 aliphatic carbocycles. The fraction of sp³-hybridized carbons (Fsp3) is 0.250. The number of nitrogens with zero attached hydrogens (tertiary/aromatic N) is 4. The number of fused-ring (bicyclic) bond motifs is 2. The number of likely N-dealkylation sites (tertiary alicyclic amines) is 1. The Morgan fingerprint density at radius 3 is 2.96 bits per heavy atom. The average Bonchev–Trinajstić information content (AvgIpc) is 3.40. The first-order valence-corrected chi connectivity index (χ1v) is 8.82. The van der Waals surface area contributed by atoms with Gasteiger partial charge < -0.3 is 14.0 Å². The van der Waals surface area contributed by atoms with E-state index in [-0.39, 0.29) is 18.4 Å². The van der Waals surface area contributed by atoms with Gasteiger partial charge in [-0.05, 0) is 30.7 Å². The van der Waals surface area contributed by atoms with Crippen molar-refractivity contribution in [1.82, 2.24) is 19.6 Å².